The predicted octanol–water partition coefficient (Wildman–Crippen LogP) is 4.09. The number of nitrogens with zero attached hydrogens (tertiary/aromatic N) is 3. The molecule has 1 saturated heterocycles. The van der Waals surface area contributed by atoms with E-state index in [2.05, 4.69) is 23.3 Å². The van der Waals surface area contributed by atoms with Crippen LogP contribution in [0, 0.1) is 23.7 Å². The van der Waals surface area contributed by atoms with E-state index >= 15 is 0 Å². The van der Waals surface area contributed by atoms with E-state index in [4.69, 9.17) is 9.47 Å². The van der Waals surface area contributed by atoms with Crippen molar-refractivity contribution in [1.29, 1.82) is 0 Å². The number of thiol groups is 1. The summed E-state index contributed by atoms with van der Waals surface area (Å²) in [5.74, 6) is -3.38. The predicted molar refractivity (Wildman–Crippen MR) is 217 cm³/mol. The van der Waals surface area contributed by atoms with Gasteiger partial charge < -0.3 is 35.0 Å². The average Bonchev–Trinajstić information content (AvgIpc) is 3.62. The summed E-state index contributed by atoms with van der Waals surface area (Å²) < 4.78 is 11.9. The molecule has 0 aromatic heterocycles. The zero-order chi connectivity index (χ0) is 41.7. The van der Waals surface area contributed by atoms with Crippen LogP contribution in [0.4, 0.5) is 0 Å². The maximum atomic E-state index is 14.3. The highest BCUT2D eigenvalue weighted by Gasteiger charge is 2.43. The van der Waals surface area contributed by atoms with E-state index < -0.39 is 60.2 Å². The van der Waals surface area contributed by atoms with Gasteiger partial charge in [-0.1, -0.05) is 85.2 Å². The van der Waals surface area contributed by atoms with Gasteiger partial charge in [0, 0.05) is 34.2 Å². The van der Waals surface area contributed by atoms with Crippen LogP contribution in [-0.4, -0.2) is 132 Å². The number of ether oxygens (including phenoxy) is 2. The van der Waals surface area contributed by atoms with Gasteiger partial charge in [-0.25, -0.2) is 4.79 Å². The molecule has 3 N–H and O–H groups in total. The minimum absolute atomic E-state index is 0.0203. The highest BCUT2D eigenvalue weighted by molar-refractivity contribution is 7.80. The summed E-state index contributed by atoms with van der Waals surface area (Å²) >= 11 is 4.53. The van der Waals surface area contributed by atoms with Crippen LogP contribution < -0.4 is 10.6 Å². The maximum absolute atomic E-state index is 14.3. The minimum atomic E-state index is -1.14. The lowest BCUT2D eigenvalue weighted by atomic mass is 9.89. The quantitative estimate of drug-likeness (QED) is 0.100. The van der Waals surface area contributed by atoms with Crippen LogP contribution in [0.15, 0.2) is 30.3 Å². The van der Waals surface area contributed by atoms with E-state index in [1.54, 1.807) is 23.8 Å². The lowest BCUT2D eigenvalue weighted by molar-refractivity contribution is -0.148. The van der Waals surface area contributed by atoms with Gasteiger partial charge in [0.25, 0.3) is 0 Å². The van der Waals surface area contributed by atoms with Crippen LogP contribution in [0.25, 0.3) is 0 Å². The molecule has 1 aromatic carbocycles. The molecule has 1 heterocycles. The number of carbonyl (C=O) groups excluding carboxylic acids is 4. The fraction of sp³-hybridized carbons (Fsp3) is 0.732. The van der Waals surface area contributed by atoms with Gasteiger partial charge in [-0.2, -0.15) is 12.6 Å². The number of amides is 4. The number of aliphatic carboxylic acids is 1. The molecule has 2 unspecified atom stereocenters. The summed E-state index contributed by atoms with van der Waals surface area (Å²) in [6.45, 7) is 15.8. The minimum Gasteiger partial charge on any atom is -0.480 e. The number of likely N-dealkylation sites (N-methyl/N-ethyl adjacent to an activating group) is 2. The SMILES string of the molecule is CC[C@H](C)[C@@H]([C@@H](CC(=O)N1CCCC1[C@H](OC)[C@@H](C)C(=O)N[C@H](Cc1ccccc1)C(=O)O)OC)N(C)C(=O)[C@@H](NC(=O)[C@H](C(C)C)N(C)C(C)S)C(C)C. The summed E-state index contributed by atoms with van der Waals surface area (Å²) in [6, 6.07) is 5.74. The highest BCUT2D eigenvalue weighted by atomic mass is 32.1. The molecular weight excluding hydrogens is 723 g/mol. The number of carboxylic acids is 1. The second-order valence-corrected chi connectivity index (χ2v) is 16.6. The summed E-state index contributed by atoms with van der Waals surface area (Å²) in [6.07, 6.45) is 0.764. The molecule has 0 aliphatic carbocycles. The van der Waals surface area contributed by atoms with Crippen molar-refractivity contribution >= 4 is 42.2 Å². The first-order valence-corrected chi connectivity index (χ1v) is 20.2. The number of hydrogen-bond acceptors (Lipinski definition) is 9. The van der Waals surface area contributed by atoms with Crippen molar-refractivity contribution in [2.45, 2.75) is 135 Å². The fourth-order valence-electron chi connectivity index (χ4n) is 7.82. The van der Waals surface area contributed by atoms with Gasteiger partial charge in [0.15, 0.2) is 0 Å². The molecule has 312 valence electrons. The summed E-state index contributed by atoms with van der Waals surface area (Å²) in [5.41, 5.74) is 0.783. The molecular formula is C41H69N5O8S. The molecule has 55 heavy (non-hydrogen) atoms. The number of methoxy groups -OCH3 is 2. The van der Waals surface area contributed by atoms with Gasteiger partial charge >= 0.3 is 5.97 Å². The number of likely N-dealkylation sites (tertiary alicyclic amines) is 1. The molecule has 0 bridgehead atoms. The van der Waals surface area contributed by atoms with Gasteiger partial charge in [-0.3, -0.25) is 24.1 Å². The van der Waals surface area contributed by atoms with Gasteiger partial charge in [0.05, 0.1) is 48.0 Å². The van der Waals surface area contributed by atoms with Crippen molar-refractivity contribution in [3.05, 3.63) is 35.9 Å². The first kappa shape index (κ1) is 48.0. The van der Waals surface area contributed by atoms with Crippen LogP contribution in [0.3, 0.4) is 0 Å². The molecule has 10 atom stereocenters. The van der Waals surface area contributed by atoms with Crippen molar-refractivity contribution < 1.29 is 38.6 Å². The third-order valence-corrected chi connectivity index (χ3v) is 11.7. The Morgan fingerprint density at radius 3 is 2.04 bits per heavy atom. The summed E-state index contributed by atoms with van der Waals surface area (Å²) in [7, 11) is 6.59. The second kappa shape index (κ2) is 22.5. The normalized spacial score (nSPS) is 19.6. The molecule has 1 aliphatic heterocycles. The van der Waals surface area contributed by atoms with Gasteiger partial charge in [0.1, 0.15) is 12.1 Å². The molecule has 4 amide bonds. The van der Waals surface area contributed by atoms with E-state index in [9.17, 15) is 29.1 Å². The molecule has 1 aromatic rings. The van der Waals surface area contributed by atoms with Gasteiger partial charge in [-0.05, 0) is 50.1 Å². The summed E-state index contributed by atoms with van der Waals surface area (Å²) in [4.78, 5) is 73.1. The van der Waals surface area contributed by atoms with Gasteiger partial charge in [-0.15, -0.1) is 0 Å². The molecule has 2 rings (SSSR count). The van der Waals surface area contributed by atoms with Crippen molar-refractivity contribution in [2.75, 3.05) is 34.9 Å². The lowest BCUT2D eigenvalue weighted by Gasteiger charge is -2.41. The highest BCUT2D eigenvalue weighted by Crippen LogP contribution is 2.30. The van der Waals surface area contributed by atoms with Crippen molar-refractivity contribution in [2.24, 2.45) is 23.7 Å². The number of carbonyl (C=O) groups is 5. The lowest BCUT2D eigenvalue weighted by Crippen LogP contribution is -2.60. The standard InChI is InChI=1S/C41H69N5O8S/c1-13-26(6)36(45(10)40(50)34(24(2)3)43-39(49)35(25(4)5)44(9)28(8)55)32(53-11)23-33(47)46-21-17-20-31(46)37(54-12)27(7)38(48)42-30(41(51)52)22-29-18-15-14-16-19-29/h14-16,18-19,24-28,30-32,34-37,55H,13,17,20-23H2,1-12H3,(H,42,48)(H,43,49)(H,51,52)/t26-,27+,28?,30+,31?,32+,34-,35-,36-,37+/m0/s1. The largest absolute Gasteiger partial charge is 0.480 e. The van der Waals surface area contributed by atoms with E-state index in [1.807, 2.05) is 90.7 Å². The molecule has 1 aliphatic rings. The zero-order valence-electron chi connectivity index (χ0n) is 35.2. The van der Waals surface area contributed by atoms with Crippen molar-refractivity contribution in [1.82, 2.24) is 25.3 Å². The number of benzene rings is 1. The third kappa shape index (κ3) is 12.9. The Balaban J connectivity index is 2.29. The Hall–Kier alpha value is -3.20. The molecule has 1 fully saturated rings. The van der Waals surface area contributed by atoms with Crippen LogP contribution in [0.1, 0.15) is 86.6 Å². The first-order valence-electron chi connectivity index (χ1n) is 19.7. The Morgan fingerprint density at radius 2 is 1.55 bits per heavy atom. The Labute approximate surface area is 335 Å². The monoisotopic (exact) mass is 791 g/mol. The topological polar surface area (TPSA) is 158 Å². The number of carboxylic acid groups (broad SMARTS) is 1. The Bertz CT molecular complexity index is 1400. The van der Waals surface area contributed by atoms with Crippen LogP contribution in [0.5, 0.6) is 0 Å². The molecule has 14 heteroatoms. The number of rotatable bonds is 22. The molecule has 0 saturated carbocycles. The number of hydrogen-bond donors (Lipinski definition) is 4. The fourth-order valence-corrected chi connectivity index (χ4v) is 7.96. The summed E-state index contributed by atoms with van der Waals surface area (Å²) in [5, 5.41) is 15.4. The molecule has 0 spiro atoms. The first-order chi connectivity index (χ1) is 25.8. The van der Waals surface area contributed by atoms with Crippen LogP contribution in [0.2, 0.25) is 0 Å². The average molecular weight is 792 g/mol. The number of nitrogens with one attached hydrogen (secondary N) is 2. The van der Waals surface area contributed by atoms with Crippen molar-refractivity contribution in [3.63, 3.8) is 0 Å². The van der Waals surface area contributed by atoms with E-state index in [0.29, 0.717) is 25.8 Å². The van der Waals surface area contributed by atoms with E-state index in [1.165, 1.54) is 14.2 Å². The van der Waals surface area contributed by atoms with Crippen LogP contribution >= 0.6 is 12.6 Å². The van der Waals surface area contributed by atoms with Gasteiger partial charge in [0.2, 0.25) is 23.6 Å². The maximum Gasteiger partial charge on any atom is 0.326 e. The molecule has 0 radical (unpaired) electrons. The van der Waals surface area contributed by atoms with Crippen LogP contribution in [-0.2, 0) is 39.9 Å². The Kier molecular flexibility index (Phi) is 19.6. The Morgan fingerprint density at radius 1 is 0.927 bits per heavy atom. The van der Waals surface area contributed by atoms with E-state index in [0.717, 1.165) is 5.56 Å². The van der Waals surface area contributed by atoms with Crippen molar-refractivity contribution in [3.8, 4) is 0 Å². The molecule has 13 nitrogen and oxygen atoms in total. The third-order valence-electron chi connectivity index (χ3n) is 11.3. The smallest absolute Gasteiger partial charge is 0.326 e. The second-order valence-electron chi connectivity index (χ2n) is 15.9. The zero-order valence-corrected chi connectivity index (χ0v) is 36.0. The van der Waals surface area contributed by atoms with E-state index in [-0.39, 0.29) is 53.7 Å².